The van der Waals surface area contributed by atoms with E-state index >= 15 is 0 Å². The van der Waals surface area contributed by atoms with Gasteiger partial charge in [-0.1, -0.05) is 33.1 Å². The van der Waals surface area contributed by atoms with Crippen molar-refractivity contribution in [1.29, 1.82) is 0 Å². The van der Waals surface area contributed by atoms with E-state index in [1.807, 2.05) is 0 Å². The summed E-state index contributed by atoms with van der Waals surface area (Å²) in [6.07, 6.45) is 10.5. The fraction of sp³-hybridized carbons (Fsp3) is 0.667. The number of pyridine rings is 1. The molecule has 96 valence electrons. The highest BCUT2D eigenvalue weighted by atomic mass is 16.5. The number of ether oxygens (including phenoxy) is 1. The van der Waals surface area contributed by atoms with Gasteiger partial charge in [-0.3, -0.25) is 0 Å². The lowest BCUT2D eigenvalue weighted by molar-refractivity contribution is -0.733. The highest BCUT2D eigenvalue weighted by molar-refractivity contribution is 5.18. The van der Waals surface area contributed by atoms with Gasteiger partial charge in [0.25, 0.3) is 6.73 Å². The van der Waals surface area contributed by atoms with Crippen molar-refractivity contribution >= 4 is 0 Å². The van der Waals surface area contributed by atoms with Crippen molar-refractivity contribution < 1.29 is 9.30 Å². The van der Waals surface area contributed by atoms with E-state index in [4.69, 9.17) is 4.74 Å². The van der Waals surface area contributed by atoms with Crippen LogP contribution in [0.4, 0.5) is 0 Å². The molecule has 0 radical (unpaired) electrons. The molecule has 1 aromatic heterocycles. The fourth-order valence-electron chi connectivity index (χ4n) is 1.91. The minimum absolute atomic E-state index is 0.680. The summed E-state index contributed by atoms with van der Waals surface area (Å²) in [5, 5.41) is 0. The first kappa shape index (κ1) is 14.2. The van der Waals surface area contributed by atoms with Crippen LogP contribution in [0, 0.1) is 6.92 Å². The standard InChI is InChI=1S/C15H26NO/c1-4-6-7-8-11-17-13-16-10-9-14(3)15(5-2)12-16/h9-10,12H,4-8,11,13H2,1-3H3/q+1. The van der Waals surface area contributed by atoms with Crippen LogP contribution in [-0.2, 0) is 17.9 Å². The van der Waals surface area contributed by atoms with Crippen molar-refractivity contribution in [3.63, 3.8) is 0 Å². The molecule has 2 nitrogen and oxygen atoms in total. The van der Waals surface area contributed by atoms with Crippen LogP contribution in [0.5, 0.6) is 0 Å². The van der Waals surface area contributed by atoms with Gasteiger partial charge in [-0.05, 0) is 25.3 Å². The van der Waals surface area contributed by atoms with Gasteiger partial charge in [-0.15, -0.1) is 0 Å². The molecule has 0 saturated heterocycles. The number of hydrogen-bond donors (Lipinski definition) is 0. The van der Waals surface area contributed by atoms with Crippen molar-refractivity contribution in [2.75, 3.05) is 6.61 Å². The summed E-state index contributed by atoms with van der Waals surface area (Å²) < 4.78 is 7.80. The van der Waals surface area contributed by atoms with Gasteiger partial charge in [0.2, 0.25) is 0 Å². The van der Waals surface area contributed by atoms with Crippen molar-refractivity contribution in [1.82, 2.24) is 0 Å². The Hall–Kier alpha value is -0.890. The summed E-state index contributed by atoms with van der Waals surface area (Å²) in [6, 6.07) is 2.17. The molecule has 17 heavy (non-hydrogen) atoms. The number of nitrogens with zero attached hydrogens (tertiary/aromatic N) is 1. The van der Waals surface area contributed by atoms with Crippen molar-refractivity contribution in [2.24, 2.45) is 0 Å². The van der Waals surface area contributed by atoms with E-state index in [0.717, 1.165) is 13.0 Å². The largest absolute Gasteiger partial charge is 0.323 e. The van der Waals surface area contributed by atoms with Gasteiger partial charge in [0.1, 0.15) is 0 Å². The Morgan fingerprint density at radius 2 is 2.00 bits per heavy atom. The molecule has 1 heterocycles. The predicted molar refractivity (Wildman–Crippen MR) is 70.8 cm³/mol. The van der Waals surface area contributed by atoms with Crippen LogP contribution in [-0.4, -0.2) is 6.61 Å². The summed E-state index contributed by atoms with van der Waals surface area (Å²) in [5.41, 5.74) is 2.77. The molecule has 2 heteroatoms. The number of unbranched alkanes of at least 4 members (excludes halogenated alkanes) is 3. The van der Waals surface area contributed by atoms with Crippen molar-refractivity contribution in [3.05, 3.63) is 29.6 Å². The number of rotatable bonds is 8. The van der Waals surface area contributed by atoms with E-state index < -0.39 is 0 Å². The lowest BCUT2D eigenvalue weighted by Crippen LogP contribution is -2.35. The molecule has 0 aromatic carbocycles. The molecule has 0 bridgehead atoms. The molecule has 0 unspecified atom stereocenters. The van der Waals surface area contributed by atoms with E-state index in [-0.39, 0.29) is 0 Å². The normalized spacial score (nSPS) is 10.8. The first-order chi connectivity index (χ1) is 8.27. The minimum atomic E-state index is 0.680. The van der Waals surface area contributed by atoms with E-state index in [0.29, 0.717) is 6.73 Å². The molecule has 1 rings (SSSR count). The maximum absolute atomic E-state index is 5.67. The van der Waals surface area contributed by atoms with Crippen LogP contribution >= 0.6 is 0 Å². The fourth-order valence-corrected chi connectivity index (χ4v) is 1.91. The van der Waals surface area contributed by atoms with Gasteiger partial charge in [-0.25, -0.2) is 0 Å². The Bertz CT molecular complexity index is 323. The van der Waals surface area contributed by atoms with E-state index in [2.05, 4.69) is 43.8 Å². The van der Waals surface area contributed by atoms with E-state index in [1.54, 1.807) is 0 Å². The maximum Gasteiger partial charge on any atom is 0.252 e. The molecule has 0 aliphatic rings. The van der Waals surface area contributed by atoms with Gasteiger partial charge in [-0.2, -0.15) is 4.57 Å². The lowest BCUT2D eigenvalue weighted by Gasteiger charge is -2.03. The zero-order valence-corrected chi connectivity index (χ0v) is 11.5. The average Bonchev–Trinajstić information content (AvgIpc) is 2.35. The first-order valence-corrected chi connectivity index (χ1v) is 6.84. The molecule has 0 amide bonds. The van der Waals surface area contributed by atoms with Crippen LogP contribution in [0.3, 0.4) is 0 Å². The summed E-state index contributed by atoms with van der Waals surface area (Å²) in [5.74, 6) is 0. The van der Waals surface area contributed by atoms with Gasteiger partial charge in [0, 0.05) is 11.6 Å². The van der Waals surface area contributed by atoms with Gasteiger partial charge in [0.05, 0.1) is 6.61 Å². The highest BCUT2D eigenvalue weighted by Gasteiger charge is 2.04. The quantitative estimate of drug-likeness (QED) is 0.498. The third-order valence-corrected chi connectivity index (χ3v) is 3.11. The van der Waals surface area contributed by atoms with Crippen molar-refractivity contribution in [3.8, 4) is 0 Å². The molecule has 0 spiro atoms. The summed E-state index contributed by atoms with van der Waals surface area (Å²) >= 11 is 0. The van der Waals surface area contributed by atoms with Crippen molar-refractivity contribution in [2.45, 2.75) is 59.6 Å². The van der Waals surface area contributed by atoms with Crippen LogP contribution in [0.1, 0.15) is 50.7 Å². The number of hydrogen-bond acceptors (Lipinski definition) is 1. The van der Waals surface area contributed by atoms with Crippen LogP contribution in [0.25, 0.3) is 0 Å². The van der Waals surface area contributed by atoms with Crippen LogP contribution in [0.15, 0.2) is 18.5 Å². The average molecular weight is 236 g/mol. The second-order valence-electron chi connectivity index (χ2n) is 4.62. The monoisotopic (exact) mass is 236 g/mol. The number of aryl methyl sites for hydroxylation is 2. The second kappa shape index (κ2) is 8.24. The smallest absolute Gasteiger partial charge is 0.252 e. The van der Waals surface area contributed by atoms with Gasteiger partial charge in [0.15, 0.2) is 12.4 Å². The topological polar surface area (TPSA) is 13.1 Å². The molecule has 0 aliphatic carbocycles. The van der Waals surface area contributed by atoms with Crippen LogP contribution in [0.2, 0.25) is 0 Å². The Morgan fingerprint density at radius 3 is 2.71 bits per heavy atom. The zero-order valence-electron chi connectivity index (χ0n) is 11.5. The highest BCUT2D eigenvalue weighted by Crippen LogP contribution is 2.04. The summed E-state index contributed by atoms with van der Waals surface area (Å²) in [4.78, 5) is 0. The molecular formula is C15H26NO+. The van der Waals surface area contributed by atoms with E-state index in [9.17, 15) is 0 Å². The molecule has 0 saturated carbocycles. The van der Waals surface area contributed by atoms with E-state index in [1.165, 1.54) is 36.8 Å². The third kappa shape index (κ3) is 5.31. The Morgan fingerprint density at radius 1 is 1.18 bits per heavy atom. The SMILES string of the molecule is CCCCCCOC[n+]1ccc(C)c(CC)c1. The first-order valence-electron chi connectivity index (χ1n) is 6.84. The Balaban J connectivity index is 2.27. The van der Waals surface area contributed by atoms with Gasteiger partial charge < -0.3 is 4.74 Å². The molecule has 1 aromatic rings. The predicted octanol–water partition coefficient (Wildman–Crippen LogP) is 3.40. The summed E-state index contributed by atoms with van der Waals surface area (Å²) in [6.45, 7) is 8.14. The third-order valence-electron chi connectivity index (χ3n) is 3.11. The zero-order chi connectivity index (χ0) is 12.5. The molecule has 0 fully saturated rings. The van der Waals surface area contributed by atoms with Crippen LogP contribution < -0.4 is 4.57 Å². The molecular weight excluding hydrogens is 210 g/mol. The second-order valence-corrected chi connectivity index (χ2v) is 4.62. The maximum atomic E-state index is 5.67. The van der Waals surface area contributed by atoms with Gasteiger partial charge >= 0.3 is 0 Å². The lowest BCUT2D eigenvalue weighted by atomic mass is 10.1. The summed E-state index contributed by atoms with van der Waals surface area (Å²) in [7, 11) is 0. The Labute approximate surface area is 106 Å². The Kier molecular flexibility index (Phi) is 6.87. The molecule has 0 atom stereocenters. The molecule has 0 N–H and O–H groups in total. The number of aromatic nitrogens is 1. The molecule has 0 aliphatic heterocycles. The minimum Gasteiger partial charge on any atom is -0.323 e.